The molecule has 2 fully saturated rings. The van der Waals surface area contributed by atoms with Crippen molar-refractivity contribution in [3.05, 3.63) is 64.7 Å². The number of nitrogens with one attached hydrogen (secondary N) is 2. The number of hydrogen-bond donors (Lipinski definition) is 2. The molecule has 2 N–H and O–H groups in total. The predicted octanol–water partition coefficient (Wildman–Crippen LogP) is 2.70. The maximum Gasteiger partial charge on any atom is 0.406 e. The number of imide groups is 2. The van der Waals surface area contributed by atoms with Crippen molar-refractivity contribution in [2.45, 2.75) is 49.4 Å². The maximum absolute atomic E-state index is 13.6. The number of carbonyl (C=O) groups excluding carboxylic acids is 5. The van der Waals surface area contributed by atoms with E-state index in [0.29, 0.717) is 30.5 Å². The van der Waals surface area contributed by atoms with E-state index in [0.717, 1.165) is 21.6 Å². The Hall–Kier alpha value is -4.42. The summed E-state index contributed by atoms with van der Waals surface area (Å²) in [4.78, 5) is 67.3. The number of amides is 7. The lowest BCUT2D eigenvalue weighted by Crippen LogP contribution is -2.51. The van der Waals surface area contributed by atoms with E-state index in [2.05, 4.69) is 10.6 Å². The molecule has 2 aromatic carbocycles. The summed E-state index contributed by atoms with van der Waals surface area (Å²) in [5.41, 5.74) is 0.339. The second kappa shape index (κ2) is 9.05. The number of benzene rings is 2. The molecule has 7 amide bonds. The van der Waals surface area contributed by atoms with Gasteiger partial charge in [-0.15, -0.1) is 0 Å². The Morgan fingerprint density at radius 1 is 1.02 bits per heavy atom. The lowest BCUT2D eigenvalue weighted by atomic mass is 9.75. The molecule has 2 atom stereocenters. The van der Waals surface area contributed by atoms with Gasteiger partial charge >= 0.3 is 18.2 Å². The van der Waals surface area contributed by atoms with Crippen LogP contribution in [0.15, 0.2) is 42.5 Å². The number of carbonyl (C=O) groups is 5. The van der Waals surface area contributed by atoms with Gasteiger partial charge in [0, 0.05) is 25.6 Å². The molecule has 0 radical (unpaired) electrons. The Labute approximate surface area is 232 Å². The van der Waals surface area contributed by atoms with Gasteiger partial charge in [0.15, 0.2) is 0 Å². The molecule has 214 valence electrons. The van der Waals surface area contributed by atoms with Gasteiger partial charge in [0.2, 0.25) is 5.91 Å². The predicted molar refractivity (Wildman–Crippen MR) is 137 cm³/mol. The number of likely N-dealkylation sites (N-methyl/N-ethyl adjacent to an activating group) is 1. The van der Waals surface area contributed by atoms with E-state index in [9.17, 15) is 37.1 Å². The van der Waals surface area contributed by atoms with Crippen LogP contribution in [-0.2, 0) is 39.2 Å². The third kappa shape index (κ3) is 4.05. The molecule has 0 aromatic heterocycles. The first kappa shape index (κ1) is 26.8. The molecule has 4 aliphatic rings. The fourth-order valence-corrected chi connectivity index (χ4v) is 6.69. The maximum atomic E-state index is 13.6. The van der Waals surface area contributed by atoms with E-state index in [1.807, 2.05) is 0 Å². The van der Waals surface area contributed by atoms with Crippen molar-refractivity contribution in [3.63, 3.8) is 0 Å². The highest BCUT2D eigenvalue weighted by molar-refractivity contribution is 6.10. The Morgan fingerprint density at radius 3 is 2.46 bits per heavy atom. The first-order chi connectivity index (χ1) is 19.4. The largest absolute Gasteiger partial charge is 0.406 e. The van der Waals surface area contributed by atoms with Crippen molar-refractivity contribution >= 4 is 35.5 Å². The SMILES string of the molecule is CN1C(=O)NC(=O)[C@@]12Cc1ccc(NC(=O)CN3C(=O)N(CC(F)(F)F)C(=O)C34CCCc3ccccc34)cc1C2. The molecule has 2 saturated heterocycles. The van der Waals surface area contributed by atoms with E-state index in [-0.39, 0.29) is 17.7 Å². The van der Waals surface area contributed by atoms with E-state index in [1.165, 1.54) is 4.90 Å². The number of halogens is 3. The fourth-order valence-electron chi connectivity index (χ4n) is 6.69. The summed E-state index contributed by atoms with van der Waals surface area (Å²) in [5.74, 6) is -2.08. The Kier molecular flexibility index (Phi) is 5.91. The second-order valence-corrected chi connectivity index (χ2v) is 11.0. The van der Waals surface area contributed by atoms with Crippen LogP contribution in [0, 0.1) is 0 Å². The lowest BCUT2D eigenvalue weighted by molar-refractivity contribution is -0.155. The van der Waals surface area contributed by atoms with Crippen molar-refractivity contribution in [3.8, 4) is 0 Å². The molecule has 2 aliphatic heterocycles. The zero-order chi connectivity index (χ0) is 29.3. The summed E-state index contributed by atoms with van der Waals surface area (Å²) >= 11 is 0. The quantitative estimate of drug-likeness (QED) is 0.549. The van der Waals surface area contributed by atoms with Gasteiger partial charge in [0.25, 0.3) is 11.8 Å². The minimum absolute atomic E-state index is 0.0887. The van der Waals surface area contributed by atoms with Crippen LogP contribution < -0.4 is 10.6 Å². The molecule has 13 heteroatoms. The average Bonchev–Trinajstić information content (AvgIpc) is 3.46. The minimum Gasteiger partial charge on any atom is -0.325 e. The van der Waals surface area contributed by atoms with Gasteiger partial charge in [-0.2, -0.15) is 13.2 Å². The monoisotopic (exact) mass is 569 g/mol. The Bertz CT molecular complexity index is 1530. The van der Waals surface area contributed by atoms with Crippen molar-refractivity contribution in [2.24, 2.45) is 0 Å². The van der Waals surface area contributed by atoms with Crippen LogP contribution in [0.2, 0.25) is 0 Å². The number of fused-ring (bicyclic) bond motifs is 3. The zero-order valence-electron chi connectivity index (χ0n) is 22.0. The van der Waals surface area contributed by atoms with Crippen molar-refractivity contribution in [1.29, 1.82) is 0 Å². The zero-order valence-corrected chi connectivity index (χ0v) is 22.0. The number of aryl methyl sites for hydroxylation is 1. The van der Waals surface area contributed by atoms with Crippen LogP contribution in [0.25, 0.3) is 0 Å². The Balaban J connectivity index is 1.27. The molecular formula is C28H26F3N5O5. The van der Waals surface area contributed by atoms with Gasteiger partial charge < -0.3 is 10.2 Å². The number of alkyl halides is 3. The summed E-state index contributed by atoms with van der Waals surface area (Å²) in [5, 5.41) is 5.01. The van der Waals surface area contributed by atoms with Gasteiger partial charge in [0.05, 0.1) is 0 Å². The molecule has 1 unspecified atom stereocenters. The normalized spacial score (nSPS) is 25.3. The smallest absolute Gasteiger partial charge is 0.325 e. The van der Waals surface area contributed by atoms with E-state index < -0.39 is 60.1 Å². The first-order valence-corrected chi connectivity index (χ1v) is 13.2. The van der Waals surface area contributed by atoms with Gasteiger partial charge in [0.1, 0.15) is 24.2 Å². The third-order valence-electron chi connectivity index (χ3n) is 8.65. The van der Waals surface area contributed by atoms with Gasteiger partial charge in [-0.1, -0.05) is 30.3 Å². The van der Waals surface area contributed by atoms with Gasteiger partial charge in [-0.05, 0) is 53.6 Å². The molecule has 2 aromatic rings. The summed E-state index contributed by atoms with van der Waals surface area (Å²) < 4.78 is 40.1. The van der Waals surface area contributed by atoms with Gasteiger partial charge in [-0.25, -0.2) is 9.59 Å². The summed E-state index contributed by atoms with van der Waals surface area (Å²) in [6, 6.07) is 10.2. The van der Waals surface area contributed by atoms with Crippen LogP contribution in [-0.4, -0.2) is 76.3 Å². The topological polar surface area (TPSA) is 119 Å². The van der Waals surface area contributed by atoms with Crippen molar-refractivity contribution in [1.82, 2.24) is 20.0 Å². The fraction of sp³-hybridized carbons (Fsp3) is 0.393. The number of anilines is 1. The lowest BCUT2D eigenvalue weighted by Gasteiger charge is -2.39. The summed E-state index contributed by atoms with van der Waals surface area (Å²) in [6.45, 7) is -2.39. The van der Waals surface area contributed by atoms with E-state index >= 15 is 0 Å². The summed E-state index contributed by atoms with van der Waals surface area (Å²) in [7, 11) is 1.55. The molecule has 41 heavy (non-hydrogen) atoms. The molecule has 2 aliphatic carbocycles. The third-order valence-corrected chi connectivity index (χ3v) is 8.65. The standard InChI is InChI=1S/C28H26F3N5O5/c1-34-24(40)33-22(38)26(34)12-17-8-9-19(11-18(17)13-26)32-21(37)14-36-25(41)35(15-28(29,30)31)23(39)27(36)10-4-6-16-5-2-3-7-20(16)27/h2-3,5,7-9,11H,4,6,10,12-15H2,1H3,(H,32,37)(H,33,38,40)/t26-,27?/m0/s1. The van der Waals surface area contributed by atoms with Crippen LogP contribution in [0.4, 0.5) is 28.4 Å². The highest BCUT2D eigenvalue weighted by Crippen LogP contribution is 2.46. The average molecular weight is 570 g/mol. The Morgan fingerprint density at radius 2 is 1.76 bits per heavy atom. The van der Waals surface area contributed by atoms with Crippen molar-refractivity contribution in [2.75, 3.05) is 25.5 Å². The number of hydrogen-bond acceptors (Lipinski definition) is 5. The van der Waals surface area contributed by atoms with Crippen LogP contribution in [0.5, 0.6) is 0 Å². The number of rotatable bonds is 4. The second-order valence-electron chi connectivity index (χ2n) is 11.0. The molecule has 10 nitrogen and oxygen atoms in total. The molecular weight excluding hydrogens is 543 g/mol. The molecule has 0 bridgehead atoms. The highest BCUT2D eigenvalue weighted by Gasteiger charge is 2.61. The molecule has 2 spiro atoms. The summed E-state index contributed by atoms with van der Waals surface area (Å²) in [6.07, 6.45) is -3.13. The minimum atomic E-state index is -4.81. The van der Waals surface area contributed by atoms with Crippen LogP contribution >= 0.6 is 0 Å². The molecule has 0 saturated carbocycles. The van der Waals surface area contributed by atoms with E-state index in [1.54, 1.807) is 49.5 Å². The highest BCUT2D eigenvalue weighted by atomic mass is 19.4. The molecule has 6 rings (SSSR count). The van der Waals surface area contributed by atoms with Crippen molar-refractivity contribution < 1.29 is 37.1 Å². The number of urea groups is 2. The van der Waals surface area contributed by atoms with Crippen LogP contribution in [0.3, 0.4) is 0 Å². The van der Waals surface area contributed by atoms with E-state index in [4.69, 9.17) is 0 Å². The van der Waals surface area contributed by atoms with Gasteiger partial charge in [-0.3, -0.25) is 29.5 Å². The first-order valence-electron chi connectivity index (χ1n) is 13.2. The van der Waals surface area contributed by atoms with Crippen LogP contribution in [0.1, 0.15) is 35.1 Å². The molecule has 2 heterocycles. The number of nitrogens with zero attached hydrogens (tertiary/aromatic N) is 3.